The molecule has 0 unspecified atom stereocenters. The van der Waals surface area contributed by atoms with E-state index in [1.807, 2.05) is 0 Å². The first kappa shape index (κ1) is 81.2. The molecule has 4 heterocycles. The molecule has 1 aliphatic heterocycles. The SMILES string of the molecule is FC(F)(F)c1ccc(C2=C(c3ccc(C(F)(F)F)cc3)C3=C(c4ccccc4)c4[nH]c(c(-c5ccc(C(F)(F)F)cc5)c4-c4ccc(C(F)(F)F)cc4)-c4[nH]c(c(-c5ccc(C(F)(F)F)cc5)c4-c4ccc(C(F)(F)F)cc4)C(c4ccccc4)=c4[nH]c(c(-c5ccc(C(F)(F)F)cc5)c4-c4ccc(C(F)(F)F)cc4)=C(c4ccccc4)C2=N3)cc1. The highest BCUT2D eigenvalue weighted by Gasteiger charge is 2.43. The molecule has 0 spiro atoms. The van der Waals surface area contributed by atoms with Gasteiger partial charge in [0.2, 0.25) is 0 Å². The van der Waals surface area contributed by atoms with Crippen molar-refractivity contribution in [1.29, 1.82) is 0 Å². The number of aromatic amines is 3. The summed E-state index contributed by atoms with van der Waals surface area (Å²) in [5.41, 5.74) is -17.3. The van der Waals surface area contributed by atoms with E-state index in [2.05, 4.69) is 15.0 Å². The zero-order valence-electron chi connectivity index (χ0n) is 61.2. The average molecular weight is 1680 g/mol. The van der Waals surface area contributed by atoms with E-state index in [9.17, 15) is 0 Å². The minimum atomic E-state index is -5.11. The number of alkyl halides is 24. The third kappa shape index (κ3) is 15.4. The van der Waals surface area contributed by atoms with Gasteiger partial charge in [-0.3, -0.25) is 0 Å². The van der Waals surface area contributed by atoms with Crippen LogP contribution in [-0.4, -0.2) is 20.7 Å². The summed E-state index contributed by atoms with van der Waals surface area (Å²) >= 11 is 0. The number of nitrogens with one attached hydrogen (secondary N) is 3. The third-order valence-electron chi connectivity index (χ3n) is 20.9. The van der Waals surface area contributed by atoms with Gasteiger partial charge in [-0.15, -0.1) is 0 Å². The molecule has 0 atom stereocenters. The van der Waals surface area contributed by atoms with Gasteiger partial charge >= 0.3 is 49.4 Å². The second kappa shape index (κ2) is 29.8. The lowest BCUT2D eigenvalue weighted by molar-refractivity contribution is -0.138. The first-order valence-electron chi connectivity index (χ1n) is 36.3. The maximum Gasteiger partial charge on any atom is 0.416 e. The van der Waals surface area contributed by atoms with E-state index in [1.54, 1.807) is 0 Å². The molecular formula is C93H50F24N4. The van der Waals surface area contributed by atoms with E-state index in [-0.39, 0.29) is 156 Å². The van der Waals surface area contributed by atoms with Crippen molar-refractivity contribution in [3.8, 4) is 78.1 Å². The molecule has 4 nitrogen and oxygen atoms in total. The van der Waals surface area contributed by atoms with E-state index in [1.165, 1.54) is 91.0 Å². The van der Waals surface area contributed by atoms with Crippen LogP contribution >= 0.6 is 0 Å². The van der Waals surface area contributed by atoms with E-state index in [0.717, 1.165) is 97.1 Å². The van der Waals surface area contributed by atoms with Crippen molar-refractivity contribution in [3.63, 3.8) is 0 Å². The summed E-state index contributed by atoms with van der Waals surface area (Å²) in [7, 11) is 0. The number of allylic oxidation sites excluding steroid dienone is 2. The fraction of sp³-hybridized carbons (Fsp3) is 0.0860. The Morgan fingerprint density at radius 3 is 0.628 bits per heavy atom. The Labute approximate surface area is 668 Å². The van der Waals surface area contributed by atoms with Gasteiger partial charge in [0.1, 0.15) is 0 Å². The molecule has 0 amide bonds. The molecular weight excluding hydrogens is 1630 g/mol. The zero-order chi connectivity index (χ0) is 86.0. The number of aromatic nitrogens is 3. The number of hydrogen-bond donors (Lipinski definition) is 3. The van der Waals surface area contributed by atoms with Gasteiger partial charge in [-0.05, 0) is 158 Å². The first-order valence-corrected chi connectivity index (χ1v) is 36.3. The standard InChI is InChI=1S/C93H50F24N4/c94-86(95,96)59-32-16-51(17-33-59)67-69(53-20-36-61(37-21-53)88(100,101)102)80-76(49-12-6-2-7-13-49)82-71(55-24-40-63(41-25-55)90(106,107)108)73(57-28-44-65(45-29-57)92(112,113)114)84(120-82)85-74(58-30-46-66(47-31-58)93(115,116)117)72(56-26-42-64(43-27-56)91(109,110)111)83(121-85)77(50-14-8-3-9-15-50)81-70(54-22-38-62(39-23-54)89(103,104)105)68(52-18-34-60(35-19-52)87(97,98)99)79(119-81)75(78(67)118-80)48-10-4-1-5-11-48/h1-47,118,120-121H. The van der Waals surface area contributed by atoms with Gasteiger partial charge in [-0.25, -0.2) is 4.99 Å². The van der Waals surface area contributed by atoms with E-state index in [4.69, 9.17) is 4.99 Å². The molecule has 0 fully saturated rings. The summed E-state index contributed by atoms with van der Waals surface area (Å²) in [6.07, 6.45) is -40.8. The van der Waals surface area contributed by atoms with Crippen LogP contribution in [0.4, 0.5) is 105 Å². The molecule has 2 aliphatic rings. The van der Waals surface area contributed by atoms with Crippen LogP contribution in [0, 0.1) is 0 Å². The lowest BCUT2D eigenvalue weighted by Gasteiger charge is -2.18. The number of fused-ring (bicyclic) bond motifs is 12. The van der Waals surface area contributed by atoms with Crippen LogP contribution in [0.25, 0.3) is 106 Å². The fourth-order valence-corrected chi connectivity index (χ4v) is 15.4. The van der Waals surface area contributed by atoms with Gasteiger partial charge < -0.3 is 15.0 Å². The number of aliphatic imine (C=N–C) groups is 1. The maximum atomic E-state index is 15.2. The van der Waals surface area contributed by atoms with Crippen molar-refractivity contribution in [2.24, 2.45) is 4.99 Å². The maximum absolute atomic E-state index is 15.2. The van der Waals surface area contributed by atoms with Crippen molar-refractivity contribution >= 4 is 33.6 Å². The van der Waals surface area contributed by atoms with Gasteiger partial charge in [-0.2, -0.15) is 105 Å². The van der Waals surface area contributed by atoms with Crippen LogP contribution in [0.15, 0.2) is 296 Å². The molecule has 14 aromatic rings. The number of H-pyrrole nitrogens is 3. The summed E-state index contributed by atoms with van der Waals surface area (Å²) < 4.78 is 364. The van der Waals surface area contributed by atoms with Crippen molar-refractivity contribution in [1.82, 2.24) is 15.0 Å². The molecule has 3 aromatic heterocycles. The van der Waals surface area contributed by atoms with Crippen molar-refractivity contribution < 1.29 is 105 Å². The van der Waals surface area contributed by atoms with Crippen LogP contribution < -0.4 is 10.7 Å². The molecule has 121 heavy (non-hydrogen) atoms. The van der Waals surface area contributed by atoms with Gasteiger partial charge in [0.15, 0.2) is 0 Å². The van der Waals surface area contributed by atoms with E-state index in [0.29, 0.717) is 97.1 Å². The van der Waals surface area contributed by atoms with Crippen molar-refractivity contribution in [2.45, 2.75) is 49.4 Å². The van der Waals surface area contributed by atoms with Crippen LogP contribution in [0.2, 0.25) is 0 Å². The van der Waals surface area contributed by atoms with Crippen LogP contribution in [0.1, 0.15) is 83.7 Å². The number of hydrogen-bond acceptors (Lipinski definition) is 1. The van der Waals surface area contributed by atoms with Gasteiger partial charge in [0.05, 0.1) is 89.4 Å². The minimum Gasteiger partial charge on any atom is -0.353 e. The first-order chi connectivity index (χ1) is 57.1. The Kier molecular flexibility index (Phi) is 20.0. The second-order valence-corrected chi connectivity index (χ2v) is 28.3. The smallest absolute Gasteiger partial charge is 0.353 e. The molecule has 610 valence electrons. The van der Waals surface area contributed by atoms with E-state index >= 15 is 105 Å². The minimum absolute atomic E-state index is 0.0111. The van der Waals surface area contributed by atoms with Crippen molar-refractivity contribution in [2.75, 3.05) is 0 Å². The average Bonchev–Trinajstić information content (AvgIpc) is 1.54. The van der Waals surface area contributed by atoms with Crippen LogP contribution in [0.3, 0.4) is 0 Å². The summed E-state index contributed by atoms with van der Waals surface area (Å²) in [6, 6.07) is 48.2. The largest absolute Gasteiger partial charge is 0.416 e. The molecule has 11 aromatic carbocycles. The molecule has 0 saturated carbocycles. The summed E-state index contributed by atoms with van der Waals surface area (Å²) in [4.78, 5) is 16.0. The number of benzene rings is 11. The highest BCUT2D eigenvalue weighted by molar-refractivity contribution is 6.51. The predicted molar refractivity (Wildman–Crippen MR) is 410 cm³/mol. The highest BCUT2D eigenvalue weighted by atomic mass is 19.4. The number of halogens is 24. The Morgan fingerprint density at radius 2 is 0.364 bits per heavy atom. The molecule has 28 heteroatoms. The lowest BCUT2D eigenvalue weighted by atomic mass is 9.84. The Balaban J connectivity index is 1.28. The fourth-order valence-electron chi connectivity index (χ4n) is 15.4. The van der Waals surface area contributed by atoms with Gasteiger partial charge in [0, 0.05) is 61.2 Å². The molecule has 0 saturated heterocycles. The second-order valence-electron chi connectivity index (χ2n) is 28.3. The number of nitrogens with zero attached hydrogens (tertiary/aromatic N) is 1. The molecule has 3 N–H and O–H groups in total. The van der Waals surface area contributed by atoms with E-state index < -0.39 is 105 Å². The third-order valence-corrected chi connectivity index (χ3v) is 20.9. The van der Waals surface area contributed by atoms with Gasteiger partial charge in [0.25, 0.3) is 0 Å². The Morgan fingerprint density at radius 1 is 0.165 bits per heavy atom. The molecule has 16 rings (SSSR count). The quantitative estimate of drug-likeness (QED) is 0.108. The predicted octanol–water partition coefficient (Wildman–Crippen LogP) is 27.8. The molecule has 8 bridgehead atoms. The number of rotatable bonds is 11. The van der Waals surface area contributed by atoms with Gasteiger partial charge in [-0.1, -0.05) is 188 Å². The lowest BCUT2D eigenvalue weighted by Crippen LogP contribution is -2.22. The molecule has 0 radical (unpaired) electrons. The van der Waals surface area contributed by atoms with Crippen LogP contribution in [0.5, 0.6) is 0 Å². The Hall–Kier alpha value is -13.5. The normalized spacial score (nSPS) is 13.9. The topological polar surface area (TPSA) is 59.7 Å². The summed E-state index contributed by atoms with van der Waals surface area (Å²) in [6.45, 7) is 0. The summed E-state index contributed by atoms with van der Waals surface area (Å²) in [5.74, 6) is 0. The van der Waals surface area contributed by atoms with Crippen LogP contribution in [-0.2, 0) is 49.4 Å². The highest BCUT2D eigenvalue weighted by Crippen LogP contribution is 2.56. The zero-order valence-corrected chi connectivity index (χ0v) is 61.2. The summed E-state index contributed by atoms with van der Waals surface area (Å²) in [5, 5.41) is -0.596. The Bertz CT molecular complexity index is 6530. The molecule has 1 aliphatic carbocycles. The monoisotopic (exact) mass is 1680 g/mol. The van der Waals surface area contributed by atoms with Crippen molar-refractivity contribution in [3.05, 3.63) is 385 Å².